The Bertz CT molecular complexity index is 678. The highest BCUT2D eigenvalue weighted by atomic mass is 32.1. The number of aryl methyl sites for hydroxylation is 1. The van der Waals surface area contributed by atoms with Crippen molar-refractivity contribution in [2.75, 3.05) is 0 Å². The van der Waals surface area contributed by atoms with Crippen LogP contribution >= 0.6 is 11.3 Å². The van der Waals surface area contributed by atoms with E-state index in [4.69, 9.17) is 0 Å². The summed E-state index contributed by atoms with van der Waals surface area (Å²) in [5, 5.41) is 1.33. The van der Waals surface area contributed by atoms with Gasteiger partial charge in [0.1, 0.15) is 6.29 Å². The fourth-order valence-corrected chi connectivity index (χ4v) is 4.26. The van der Waals surface area contributed by atoms with E-state index in [0.29, 0.717) is 11.8 Å². The van der Waals surface area contributed by atoms with Gasteiger partial charge >= 0.3 is 0 Å². The van der Waals surface area contributed by atoms with Gasteiger partial charge in [0.25, 0.3) is 0 Å². The molecule has 84 valence electrons. The largest absolute Gasteiger partial charge is 0.298 e. The Kier molecular flexibility index (Phi) is 1.74. The molecule has 2 heteroatoms. The molecule has 4 rings (SSSR count). The number of carbonyl (C=O) groups is 1. The summed E-state index contributed by atoms with van der Waals surface area (Å²) in [6.07, 6.45) is 4.34. The number of carbonyl (C=O) groups excluding carboxylic acids is 1. The van der Waals surface area contributed by atoms with Crippen LogP contribution in [0.1, 0.15) is 28.3 Å². The molecule has 2 atom stereocenters. The van der Waals surface area contributed by atoms with Crippen LogP contribution in [0.15, 0.2) is 23.8 Å². The van der Waals surface area contributed by atoms with Crippen molar-refractivity contribution >= 4 is 33.8 Å². The molecule has 0 saturated heterocycles. The van der Waals surface area contributed by atoms with Crippen molar-refractivity contribution in [3.63, 3.8) is 0 Å². The van der Waals surface area contributed by atoms with Crippen LogP contribution in [0.25, 0.3) is 16.2 Å². The Balaban J connectivity index is 2.07. The van der Waals surface area contributed by atoms with Crippen molar-refractivity contribution in [1.82, 2.24) is 0 Å². The van der Waals surface area contributed by atoms with Gasteiger partial charge in [-0.3, -0.25) is 4.79 Å². The van der Waals surface area contributed by atoms with Crippen LogP contribution in [0.4, 0.5) is 0 Å². The highest BCUT2D eigenvalue weighted by molar-refractivity contribution is 7.19. The molecule has 0 bridgehead atoms. The maximum atomic E-state index is 11.1. The van der Waals surface area contributed by atoms with Gasteiger partial charge in [-0.05, 0) is 48.6 Å². The number of thiophene rings is 1. The summed E-state index contributed by atoms with van der Waals surface area (Å²) >= 11 is 1.91. The number of rotatable bonds is 1. The van der Waals surface area contributed by atoms with E-state index < -0.39 is 0 Å². The quantitative estimate of drug-likeness (QED) is 0.691. The third-order valence-corrected chi connectivity index (χ3v) is 5.23. The summed E-state index contributed by atoms with van der Waals surface area (Å²) in [5.74, 6) is 1.15. The van der Waals surface area contributed by atoms with Crippen LogP contribution in [0.3, 0.4) is 0 Å². The lowest BCUT2D eigenvalue weighted by Gasteiger charge is -2.07. The number of allylic oxidation sites excluding steroid dienone is 1. The van der Waals surface area contributed by atoms with Gasteiger partial charge in [-0.1, -0.05) is 11.6 Å². The van der Waals surface area contributed by atoms with E-state index >= 15 is 0 Å². The lowest BCUT2D eigenvalue weighted by molar-refractivity contribution is -0.105. The van der Waals surface area contributed by atoms with Gasteiger partial charge in [0.15, 0.2) is 0 Å². The average Bonchev–Trinajstić information content (AvgIpc) is 3.05. The predicted octanol–water partition coefficient (Wildman–Crippen LogP) is 3.91. The Hall–Kier alpha value is -1.41. The second-order valence-electron chi connectivity index (χ2n) is 5.09. The molecule has 2 aromatic rings. The Morgan fingerprint density at radius 2 is 2.24 bits per heavy atom. The summed E-state index contributed by atoms with van der Waals surface area (Å²) in [7, 11) is 0. The topological polar surface area (TPSA) is 17.1 Å². The lowest BCUT2D eigenvalue weighted by Crippen LogP contribution is -1.96. The standard InChI is InChI=1S/C15H12OS/c1-8-2-3-14-11(4-8)12-5-9(7-16)10-6-13(10)15(12)17-14/h2-5,7,10,13H,6H2,1H3. The van der Waals surface area contributed by atoms with Crippen molar-refractivity contribution in [1.29, 1.82) is 0 Å². The van der Waals surface area contributed by atoms with Gasteiger partial charge in [0, 0.05) is 20.9 Å². The van der Waals surface area contributed by atoms with Crippen LogP contribution in [0.2, 0.25) is 0 Å². The fourth-order valence-electron chi connectivity index (χ4n) is 2.92. The van der Waals surface area contributed by atoms with E-state index in [2.05, 4.69) is 31.2 Å². The van der Waals surface area contributed by atoms with Gasteiger partial charge in [0.2, 0.25) is 0 Å². The van der Waals surface area contributed by atoms with Crippen LogP contribution < -0.4 is 0 Å². The smallest absolute Gasteiger partial charge is 0.146 e. The van der Waals surface area contributed by atoms with Gasteiger partial charge < -0.3 is 0 Å². The summed E-state index contributed by atoms with van der Waals surface area (Å²) < 4.78 is 1.36. The van der Waals surface area contributed by atoms with Gasteiger partial charge in [-0.2, -0.15) is 0 Å². The Morgan fingerprint density at radius 3 is 3.06 bits per heavy atom. The Labute approximate surface area is 104 Å². The molecule has 1 heterocycles. The average molecular weight is 240 g/mol. The number of hydrogen-bond acceptors (Lipinski definition) is 2. The number of benzene rings is 1. The highest BCUT2D eigenvalue weighted by Crippen LogP contribution is 2.59. The maximum absolute atomic E-state index is 11.1. The van der Waals surface area contributed by atoms with Crippen LogP contribution in [-0.4, -0.2) is 6.29 Å². The minimum atomic E-state index is 0.522. The first-order chi connectivity index (χ1) is 8.28. The van der Waals surface area contributed by atoms with Gasteiger partial charge in [-0.15, -0.1) is 11.3 Å². The zero-order valence-electron chi connectivity index (χ0n) is 9.57. The van der Waals surface area contributed by atoms with E-state index in [9.17, 15) is 4.79 Å². The maximum Gasteiger partial charge on any atom is 0.146 e. The molecule has 17 heavy (non-hydrogen) atoms. The van der Waals surface area contributed by atoms with Gasteiger partial charge in [-0.25, -0.2) is 0 Å². The SMILES string of the molecule is Cc1ccc2sc3c(c2c1)C=C(C=O)C1CC31. The van der Waals surface area contributed by atoms with Crippen molar-refractivity contribution in [3.05, 3.63) is 39.8 Å². The van der Waals surface area contributed by atoms with Crippen molar-refractivity contribution in [2.45, 2.75) is 19.3 Å². The third kappa shape index (κ3) is 1.22. The third-order valence-electron chi connectivity index (χ3n) is 3.91. The first-order valence-corrected chi connectivity index (χ1v) is 6.79. The molecule has 1 saturated carbocycles. The monoisotopic (exact) mass is 240 g/mol. The molecule has 1 aromatic heterocycles. The molecule has 2 aliphatic rings. The van der Waals surface area contributed by atoms with Crippen molar-refractivity contribution < 1.29 is 4.79 Å². The molecule has 0 N–H and O–H groups in total. The molecule has 2 aliphatic carbocycles. The van der Waals surface area contributed by atoms with Crippen LogP contribution in [0, 0.1) is 12.8 Å². The summed E-state index contributed by atoms with van der Waals surface area (Å²) in [6.45, 7) is 2.12. The summed E-state index contributed by atoms with van der Waals surface area (Å²) in [5.41, 5.74) is 3.61. The molecule has 1 nitrogen and oxygen atoms in total. The van der Waals surface area contributed by atoms with E-state index in [1.54, 1.807) is 0 Å². The molecule has 2 unspecified atom stereocenters. The van der Waals surface area contributed by atoms with E-state index in [0.717, 1.165) is 11.9 Å². The highest BCUT2D eigenvalue weighted by Gasteiger charge is 2.45. The number of fused-ring (bicyclic) bond motifs is 5. The van der Waals surface area contributed by atoms with Gasteiger partial charge in [0.05, 0.1) is 0 Å². The van der Waals surface area contributed by atoms with E-state index in [1.807, 2.05) is 11.3 Å². The summed E-state index contributed by atoms with van der Waals surface area (Å²) in [6, 6.07) is 6.62. The Morgan fingerprint density at radius 1 is 1.35 bits per heavy atom. The predicted molar refractivity (Wildman–Crippen MR) is 71.5 cm³/mol. The molecule has 0 radical (unpaired) electrons. The molecule has 1 fully saturated rings. The second kappa shape index (κ2) is 3.08. The normalized spacial score (nSPS) is 25.1. The first kappa shape index (κ1) is 9.60. The zero-order chi connectivity index (χ0) is 11.6. The van der Waals surface area contributed by atoms with Crippen LogP contribution in [-0.2, 0) is 4.79 Å². The molecular weight excluding hydrogens is 228 g/mol. The zero-order valence-corrected chi connectivity index (χ0v) is 10.4. The number of aldehydes is 1. The van der Waals surface area contributed by atoms with Crippen molar-refractivity contribution in [3.8, 4) is 0 Å². The molecule has 0 spiro atoms. The van der Waals surface area contributed by atoms with Crippen LogP contribution in [0.5, 0.6) is 0 Å². The van der Waals surface area contributed by atoms with E-state index in [1.165, 1.54) is 32.5 Å². The minimum absolute atomic E-state index is 0.522. The molecule has 1 aromatic carbocycles. The second-order valence-corrected chi connectivity index (χ2v) is 6.17. The molecule has 0 aliphatic heterocycles. The van der Waals surface area contributed by atoms with E-state index in [-0.39, 0.29) is 0 Å². The molecular formula is C15H12OS. The fraction of sp³-hybridized carbons (Fsp3) is 0.267. The van der Waals surface area contributed by atoms with Crippen molar-refractivity contribution in [2.24, 2.45) is 5.92 Å². The molecule has 0 amide bonds. The first-order valence-electron chi connectivity index (χ1n) is 5.98. The lowest BCUT2D eigenvalue weighted by atomic mass is 9.97. The minimum Gasteiger partial charge on any atom is -0.298 e. The summed E-state index contributed by atoms with van der Waals surface area (Å²) in [4.78, 5) is 12.6. The number of hydrogen-bond donors (Lipinski definition) is 0.